The number of nitrogens with one attached hydrogen (secondary N) is 1. The molecule has 1 fully saturated rings. The van der Waals surface area contributed by atoms with Crippen molar-refractivity contribution in [1.29, 1.82) is 0 Å². The first-order chi connectivity index (χ1) is 15.7. The Labute approximate surface area is 188 Å². The highest BCUT2D eigenvalue weighted by molar-refractivity contribution is 6.03. The monoisotopic (exact) mass is 458 g/mol. The molecule has 1 amide bonds. The van der Waals surface area contributed by atoms with Gasteiger partial charge in [0.25, 0.3) is 5.91 Å². The molecule has 3 unspecified atom stereocenters. The van der Waals surface area contributed by atoms with Gasteiger partial charge >= 0.3 is 0 Å². The van der Waals surface area contributed by atoms with Crippen molar-refractivity contribution < 1.29 is 22.4 Å². The molecule has 2 heterocycles. The third-order valence-electron chi connectivity index (χ3n) is 5.88. The lowest BCUT2D eigenvalue weighted by molar-refractivity contribution is 0.102. The number of nitrogens with two attached hydrogens (primary N) is 1. The van der Waals surface area contributed by atoms with Crippen molar-refractivity contribution in [1.82, 2.24) is 9.97 Å². The predicted octanol–water partition coefficient (Wildman–Crippen LogP) is 5.18. The molecule has 3 atom stereocenters. The number of halogens is 4. The van der Waals surface area contributed by atoms with Crippen LogP contribution in [-0.2, 0) is 0 Å². The number of nitrogens with zero attached hydrogens (tertiary/aromatic N) is 2. The molecule has 9 heteroatoms. The highest BCUT2D eigenvalue weighted by Crippen LogP contribution is 2.38. The summed E-state index contributed by atoms with van der Waals surface area (Å²) in [6, 6.07) is 5.05. The van der Waals surface area contributed by atoms with Gasteiger partial charge in [-0.15, -0.1) is 0 Å². The lowest BCUT2D eigenvalue weighted by atomic mass is 9.76. The van der Waals surface area contributed by atoms with Gasteiger partial charge in [-0.3, -0.25) is 9.78 Å². The lowest BCUT2D eigenvalue weighted by Gasteiger charge is -2.32. The van der Waals surface area contributed by atoms with Crippen molar-refractivity contribution in [3.05, 3.63) is 77.3 Å². The van der Waals surface area contributed by atoms with E-state index in [9.17, 15) is 22.4 Å². The van der Waals surface area contributed by atoms with Crippen LogP contribution in [0.4, 0.5) is 23.2 Å². The van der Waals surface area contributed by atoms with E-state index in [1.165, 1.54) is 6.20 Å². The lowest BCUT2D eigenvalue weighted by Crippen LogP contribution is -2.31. The molecule has 3 aromatic rings. The van der Waals surface area contributed by atoms with Gasteiger partial charge in [0.15, 0.2) is 11.6 Å². The van der Waals surface area contributed by atoms with Gasteiger partial charge < -0.3 is 11.1 Å². The summed E-state index contributed by atoms with van der Waals surface area (Å²) in [4.78, 5) is 20.8. The molecule has 1 aliphatic rings. The summed E-state index contributed by atoms with van der Waals surface area (Å²) < 4.78 is 56.3. The summed E-state index contributed by atoms with van der Waals surface area (Å²) in [5.41, 5.74) is 5.43. The Hall–Kier alpha value is -3.33. The van der Waals surface area contributed by atoms with Gasteiger partial charge in [-0.25, -0.2) is 22.5 Å². The van der Waals surface area contributed by atoms with Crippen LogP contribution in [0.5, 0.6) is 0 Å². The van der Waals surface area contributed by atoms with Gasteiger partial charge in [0.1, 0.15) is 23.0 Å². The van der Waals surface area contributed by atoms with E-state index in [1.54, 1.807) is 6.20 Å². The van der Waals surface area contributed by atoms with Crippen LogP contribution in [0.2, 0.25) is 0 Å². The summed E-state index contributed by atoms with van der Waals surface area (Å²) in [6.45, 7) is 2.13. The Morgan fingerprint density at radius 3 is 2.48 bits per heavy atom. The molecule has 33 heavy (non-hydrogen) atoms. The Bertz CT molecular complexity index is 1190. The van der Waals surface area contributed by atoms with E-state index in [2.05, 4.69) is 22.2 Å². The Balaban J connectivity index is 1.65. The van der Waals surface area contributed by atoms with Gasteiger partial charge in [-0.1, -0.05) is 6.92 Å². The fourth-order valence-corrected chi connectivity index (χ4v) is 4.45. The van der Waals surface area contributed by atoms with Crippen LogP contribution >= 0.6 is 0 Å². The summed E-state index contributed by atoms with van der Waals surface area (Å²) in [5.74, 6) is -5.42. The smallest absolute Gasteiger partial charge is 0.274 e. The molecule has 0 radical (unpaired) electrons. The van der Waals surface area contributed by atoms with Crippen LogP contribution in [0.15, 0.2) is 42.7 Å². The maximum Gasteiger partial charge on any atom is 0.274 e. The normalized spacial score (nSPS) is 20.5. The molecule has 1 aliphatic carbocycles. The molecule has 0 bridgehead atoms. The topological polar surface area (TPSA) is 80.9 Å². The number of pyridine rings is 2. The summed E-state index contributed by atoms with van der Waals surface area (Å²) in [5, 5.41) is 2.70. The number of aromatic nitrogens is 2. The average molecular weight is 458 g/mol. The van der Waals surface area contributed by atoms with E-state index in [0.29, 0.717) is 23.7 Å². The minimum atomic E-state index is -1.59. The molecule has 3 N–H and O–H groups in total. The maximum absolute atomic E-state index is 14.3. The van der Waals surface area contributed by atoms with E-state index >= 15 is 0 Å². The number of carbonyl (C=O) groups is 1. The molecule has 172 valence electrons. The van der Waals surface area contributed by atoms with Gasteiger partial charge in [0, 0.05) is 12.2 Å². The molecule has 0 saturated heterocycles. The first-order valence-corrected chi connectivity index (χ1v) is 10.6. The molecule has 5 nitrogen and oxygen atoms in total. The number of carbonyl (C=O) groups excluding carboxylic acids is 1. The van der Waals surface area contributed by atoms with Crippen LogP contribution in [0, 0.1) is 29.2 Å². The first kappa shape index (κ1) is 22.8. The summed E-state index contributed by atoms with van der Waals surface area (Å²) >= 11 is 0. The Morgan fingerprint density at radius 1 is 1.00 bits per heavy atom. The van der Waals surface area contributed by atoms with Crippen LogP contribution in [0.1, 0.15) is 48.2 Å². The number of hydrogen-bond acceptors (Lipinski definition) is 4. The zero-order chi connectivity index (χ0) is 23.7. The highest BCUT2D eigenvalue weighted by Gasteiger charge is 2.28. The standard InChI is InChI=1S/C24H22F4N4O/c1-12-8-13(10-14(29)9-12)15-6-7-30-11-20(15)32-24(33)19-5-4-18(27)23(31-19)21-16(25)2-3-17(26)22(21)28/h2-7,11-14H,8-10,29H2,1H3,(H,32,33). The van der Waals surface area contributed by atoms with Crippen molar-refractivity contribution in [2.45, 2.75) is 38.1 Å². The van der Waals surface area contributed by atoms with Crippen molar-refractivity contribution >= 4 is 11.6 Å². The van der Waals surface area contributed by atoms with E-state index in [0.717, 1.165) is 37.0 Å². The third kappa shape index (κ3) is 4.73. The highest BCUT2D eigenvalue weighted by atomic mass is 19.2. The molecule has 1 saturated carbocycles. The molecular formula is C24H22F4N4O. The number of hydrogen-bond donors (Lipinski definition) is 2. The third-order valence-corrected chi connectivity index (χ3v) is 5.88. The SMILES string of the molecule is CC1CC(N)CC(c2ccncc2NC(=O)c2ccc(F)c(-c3c(F)ccc(F)c3F)n2)C1. The second kappa shape index (κ2) is 9.27. The molecule has 0 spiro atoms. The van der Waals surface area contributed by atoms with Crippen molar-refractivity contribution in [2.24, 2.45) is 11.7 Å². The van der Waals surface area contributed by atoms with E-state index in [4.69, 9.17) is 5.73 Å². The number of rotatable bonds is 4. The van der Waals surface area contributed by atoms with Crippen molar-refractivity contribution in [3.63, 3.8) is 0 Å². The Morgan fingerprint density at radius 2 is 1.73 bits per heavy atom. The van der Waals surface area contributed by atoms with Crippen LogP contribution in [0.25, 0.3) is 11.3 Å². The molecular weight excluding hydrogens is 436 g/mol. The van der Waals surface area contributed by atoms with Crippen molar-refractivity contribution in [2.75, 3.05) is 5.32 Å². The summed E-state index contributed by atoms with van der Waals surface area (Å²) in [6.07, 6.45) is 5.71. The Kier molecular flexibility index (Phi) is 6.42. The quantitative estimate of drug-likeness (QED) is 0.417. The average Bonchev–Trinajstić information content (AvgIpc) is 2.77. The molecule has 4 rings (SSSR count). The van der Waals surface area contributed by atoms with E-state index in [-0.39, 0.29) is 17.7 Å². The zero-order valence-corrected chi connectivity index (χ0v) is 17.8. The zero-order valence-electron chi connectivity index (χ0n) is 17.8. The number of anilines is 1. The van der Waals surface area contributed by atoms with Crippen LogP contribution < -0.4 is 11.1 Å². The number of benzene rings is 1. The van der Waals surface area contributed by atoms with Gasteiger partial charge in [0.05, 0.1) is 17.4 Å². The minimum Gasteiger partial charge on any atom is -0.328 e. The van der Waals surface area contributed by atoms with E-state index in [1.807, 2.05) is 6.07 Å². The summed E-state index contributed by atoms with van der Waals surface area (Å²) in [7, 11) is 0. The minimum absolute atomic E-state index is 0.0489. The fraction of sp³-hybridized carbons (Fsp3) is 0.292. The van der Waals surface area contributed by atoms with Gasteiger partial charge in [-0.2, -0.15) is 0 Å². The molecule has 0 aliphatic heterocycles. The van der Waals surface area contributed by atoms with Gasteiger partial charge in [-0.05, 0) is 67.0 Å². The molecule has 2 aromatic heterocycles. The largest absolute Gasteiger partial charge is 0.328 e. The first-order valence-electron chi connectivity index (χ1n) is 10.6. The van der Waals surface area contributed by atoms with E-state index < -0.39 is 40.4 Å². The number of amides is 1. The fourth-order valence-electron chi connectivity index (χ4n) is 4.45. The van der Waals surface area contributed by atoms with Gasteiger partial charge in [0.2, 0.25) is 0 Å². The van der Waals surface area contributed by atoms with Crippen LogP contribution in [-0.4, -0.2) is 21.9 Å². The predicted molar refractivity (Wildman–Crippen MR) is 115 cm³/mol. The second-order valence-corrected chi connectivity index (χ2v) is 8.43. The van der Waals surface area contributed by atoms with Crippen molar-refractivity contribution in [3.8, 4) is 11.3 Å². The second-order valence-electron chi connectivity index (χ2n) is 8.43. The van der Waals surface area contributed by atoms with Crippen LogP contribution in [0.3, 0.4) is 0 Å². The molecule has 1 aromatic carbocycles. The maximum atomic E-state index is 14.3.